The molecule has 0 aliphatic rings. The Kier molecular flexibility index (Phi) is 10.2. The van der Waals surface area contributed by atoms with Gasteiger partial charge in [-0.05, 0) is 151 Å². The van der Waals surface area contributed by atoms with Crippen LogP contribution in [0.25, 0.3) is 66.1 Å². The SMILES string of the molecule is c1ccc(-c2c3ccc(-c4ccc(N(c5ccccc5)c5ccncc5)cc4)cc3c(-c3ccccc3)c3ccc(-c4ccc(N(c5ccccc5)c5ccncc5)cc4)cc23)cc1. The van der Waals surface area contributed by atoms with E-state index < -0.39 is 0 Å². The quantitative estimate of drug-likeness (QED) is 0.129. The Hall–Kier alpha value is -8.60. The van der Waals surface area contributed by atoms with Crippen LogP contribution >= 0.6 is 0 Å². The lowest BCUT2D eigenvalue weighted by Gasteiger charge is -2.25. The summed E-state index contributed by atoms with van der Waals surface area (Å²) >= 11 is 0. The van der Waals surface area contributed by atoms with E-state index in [0.717, 1.165) is 56.4 Å². The van der Waals surface area contributed by atoms with E-state index in [0.29, 0.717) is 0 Å². The van der Waals surface area contributed by atoms with E-state index in [-0.39, 0.29) is 0 Å². The van der Waals surface area contributed by atoms with Gasteiger partial charge in [-0.3, -0.25) is 9.97 Å². The van der Waals surface area contributed by atoms with Gasteiger partial charge in [-0.25, -0.2) is 0 Å². The third-order valence-electron chi connectivity index (χ3n) is 12.0. The number of para-hydroxylation sites is 2. The van der Waals surface area contributed by atoms with Crippen molar-refractivity contribution in [3.05, 3.63) is 255 Å². The highest BCUT2D eigenvalue weighted by molar-refractivity contribution is 6.22. The molecule has 0 spiro atoms. The molecule has 0 atom stereocenters. The highest BCUT2D eigenvalue weighted by atomic mass is 15.1. The molecule has 2 aromatic heterocycles. The Morgan fingerprint density at radius 2 is 0.516 bits per heavy atom. The summed E-state index contributed by atoms with van der Waals surface area (Å²) in [6, 6.07) is 82.7. The molecule has 302 valence electrons. The molecular weight excluding hydrogens is 777 g/mol. The van der Waals surface area contributed by atoms with Crippen molar-refractivity contribution in [2.45, 2.75) is 0 Å². The summed E-state index contributed by atoms with van der Waals surface area (Å²) in [5.41, 5.74) is 15.9. The predicted molar refractivity (Wildman–Crippen MR) is 268 cm³/mol. The van der Waals surface area contributed by atoms with Crippen molar-refractivity contribution in [3.8, 4) is 44.5 Å². The standard InChI is InChI=1S/C60H42N4/c1-5-13-45(14-6-1)59-55-31-25-48(44-23-29-52(30-24-44)64(50-19-11-4-12-20-50)54-35-39-62-40-36-54)42-58(55)60(46-15-7-2-8-16-46)56-32-26-47(41-57(56)59)43-21-27-51(28-22-43)63(49-17-9-3-10-18-49)53-33-37-61-38-34-53/h1-42H. The van der Waals surface area contributed by atoms with Crippen molar-refractivity contribution < 1.29 is 0 Å². The summed E-state index contributed by atoms with van der Waals surface area (Å²) in [4.78, 5) is 13.1. The molecule has 4 nitrogen and oxygen atoms in total. The molecule has 0 aliphatic carbocycles. The fraction of sp³-hybridized carbons (Fsp3) is 0. The van der Waals surface area contributed by atoms with E-state index in [9.17, 15) is 0 Å². The van der Waals surface area contributed by atoms with Gasteiger partial charge in [0.2, 0.25) is 0 Å². The number of hydrogen-bond acceptors (Lipinski definition) is 4. The Morgan fingerprint density at radius 3 is 0.875 bits per heavy atom. The Labute approximate surface area is 373 Å². The van der Waals surface area contributed by atoms with E-state index in [2.05, 4.69) is 226 Å². The summed E-state index contributed by atoms with van der Waals surface area (Å²) in [6.45, 7) is 0. The molecule has 0 N–H and O–H groups in total. The lowest BCUT2D eigenvalue weighted by atomic mass is 9.84. The maximum absolute atomic E-state index is 4.28. The average Bonchev–Trinajstić information content (AvgIpc) is 3.38. The first-order valence-corrected chi connectivity index (χ1v) is 21.6. The number of hydrogen-bond donors (Lipinski definition) is 0. The third kappa shape index (κ3) is 7.33. The van der Waals surface area contributed by atoms with E-state index in [4.69, 9.17) is 0 Å². The van der Waals surface area contributed by atoms with Crippen molar-refractivity contribution in [2.24, 2.45) is 0 Å². The van der Waals surface area contributed by atoms with E-state index >= 15 is 0 Å². The molecule has 0 aliphatic heterocycles. The van der Waals surface area contributed by atoms with Gasteiger partial charge < -0.3 is 9.80 Å². The summed E-state index contributed by atoms with van der Waals surface area (Å²) in [5, 5.41) is 4.87. The number of pyridine rings is 2. The van der Waals surface area contributed by atoms with E-state index in [1.807, 2.05) is 49.1 Å². The first kappa shape index (κ1) is 38.3. The summed E-state index contributed by atoms with van der Waals surface area (Å²) in [5.74, 6) is 0. The van der Waals surface area contributed by atoms with Crippen LogP contribution < -0.4 is 9.80 Å². The smallest absolute Gasteiger partial charge is 0.0492 e. The first-order valence-electron chi connectivity index (χ1n) is 21.6. The Morgan fingerprint density at radius 1 is 0.219 bits per heavy atom. The minimum Gasteiger partial charge on any atom is -0.310 e. The molecule has 0 saturated heterocycles. The molecule has 0 unspecified atom stereocenters. The summed E-state index contributed by atoms with van der Waals surface area (Å²) in [6.07, 6.45) is 7.37. The highest BCUT2D eigenvalue weighted by Gasteiger charge is 2.20. The zero-order valence-corrected chi connectivity index (χ0v) is 35.0. The van der Waals surface area contributed by atoms with Crippen LogP contribution in [0.4, 0.5) is 34.1 Å². The second-order valence-corrected chi connectivity index (χ2v) is 15.8. The number of rotatable bonds is 10. The van der Waals surface area contributed by atoms with E-state index in [1.54, 1.807) is 0 Å². The molecule has 0 saturated carbocycles. The molecule has 0 radical (unpaired) electrons. The van der Waals surface area contributed by atoms with Gasteiger partial charge in [-0.2, -0.15) is 0 Å². The van der Waals surface area contributed by atoms with Gasteiger partial charge in [-0.15, -0.1) is 0 Å². The molecular formula is C60H42N4. The maximum atomic E-state index is 4.28. The molecule has 0 bridgehead atoms. The normalized spacial score (nSPS) is 11.1. The number of benzene rings is 9. The fourth-order valence-electron chi connectivity index (χ4n) is 9.06. The predicted octanol–water partition coefficient (Wildman–Crippen LogP) is 16.4. The maximum Gasteiger partial charge on any atom is 0.0492 e. The van der Waals surface area contributed by atoms with Crippen molar-refractivity contribution in [2.75, 3.05) is 9.80 Å². The molecule has 64 heavy (non-hydrogen) atoms. The molecule has 2 heterocycles. The topological polar surface area (TPSA) is 32.3 Å². The minimum absolute atomic E-state index is 1.06. The fourth-order valence-corrected chi connectivity index (χ4v) is 9.06. The average molecular weight is 819 g/mol. The lowest BCUT2D eigenvalue weighted by Crippen LogP contribution is -2.09. The van der Waals surface area contributed by atoms with Crippen LogP contribution in [0.5, 0.6) is 0 Å². The van der Waals surface area contributed by atoms with Gasteiger partial charge in [0, 0.05) is 58.9 Å². The van der Waals surface area contributed by atoms with Crippen molar-refractivity contribution in [1.29, 1.82) is 0 Å². The van der Waals surface area contributed by atoms with Crippen LogP contribution in [0.1, 0.15) is 0 Å². The Bertz CT molecular complexity index is 3020. The third-order valence-corrected chi connectivity index (χ3v) is 12.0. The van der Waals surface area contributed by atoms with Gasteiger partial charge in [0.25, 0.3) is 0 Å². The van der Waals surface area contributed by atoms with Gasteiger partial charge in [0.05, 0.1) is 0 Å². The van der Waals surface area contributed by atoms with Crippen molar-refractivity contribution >= 4 is 55.7 Å². The summed E-state index contributed by atoms with van der Waals surface area (Å²) in [7, 11) is 0. The number of nitrogens with zero attached hydrogens (tertiary/aromatic N) is 4. The number of fused-ring (bicyclic) bond motifs is 2. The summed E-state index contributed by atoms with van der Waals surface area (Å²) < 4.78 is 0. The molecule has 11 rings (SSSR count). The van der Waals surface area contributed by atoms with Crippen LogP contribution in [-0.4, -0.2) is 9.97 Å². The Balaban J connectivity index is 1.05. The van der Waals surface area contributed by atoms with Gasteiger partial charge in [-0.1, -0.05) is 146 Å². The van der Waals surface area contributed by atoms with E-state index in [1.165, 1.54) is 43.8 Å². The second-order valence-electron chi connectivity index (χ2n) is 15.8. The molecule has 4 heteroatoms. The molecule has 11 aromatic rings. The van der Waals surface area contributed by atoms with Crippen LogP contribution in [0.2, 0.25) is 0 Å². The van der Waals surface area contributed by atoms with Crippen LogP contribution in [0, 0.1) is 0 Å². The van der Waals surface area contributed by atoms with Crippen LogP contribution in [0.3, 0.4) is 0 Å². The lowest BCUT2D eigenvalue weighted by molar-refractivity contribution is 1.24. The number of anilines is 6. The van der Waals surface area contributed by atoms with Gasteiger partial charge in [0.15, 0.2) is 0 Å². The molecule has 0 fully saturated rings. The zero-order chi connectivity index (χ0) is 42.7. The van der Waals surface area contributed by atoms with Gasteiger partial charge in [0.1, 0.15) is 0 Å². The molecule has 0 amide bonds. The van der Waals surface area contributed by atoms with Crippen molar-refractivity contribution in [3.63, 3.8) is 0 Å². The largest absolute Gasteiger partial charge is 0.310 e. The zero-order valence-electron chi connectivity index (χ0n) is 35.0. The van der Waals surface area contributed by atoms with Crippen LogP contribution in [-0.2, 0) is 0 Å². The molecule has 9 aromatic carbocycles. The monoisotopic (exact) mass is 818 g/mol. The van der Waals surface area contributed by atoms with Crippen LogP contribution in [0.15, 0.2) is 255 Å². The second kappa shape index (κ2) is 17.0. The minimum atomic E-state index is 1.06. The van der Waals surface area contributed by atoms with Crippen molar-refractivity contribution in [1.82, 2.24) is 9.97 Å². The first-order chi connectivity index (χ1) is 31.8. The highest BCUT2D eigenvalue weighted by Crippen LogP contribution is 2.46. The van der Waals surface area contributed by atoms with Gasteiger partial charge >= 0.3 is 0 Å². The number of aromatic nitrogens is 2.